The summed E-state index contributed by atoms with van der Waals surface area (Å²) in [6.07, 6.45) is 5.33. The summed E-state index contributed by atoms with van der Waals surface area (Å²) in [6.45, 7) is 4.18. The smallest absolute Gasteiger partial charge is 0.118 e. The van der Waals surface area contributed by atoms with Crippen molar-refractivity contribution in [3.63, 3.8) is 0 Å². The lowest BCUT2D eigenvalue weighted by Gasteiger charge is -2.20. The molecule has 0 spiro atoms. The largest absolute Gasteiger partial charge is 0.491 e. The molecule has 0 saturated carbocycles. The summed E-state index contributed by atoms with van der Waals surface area (Å²) in [6, 6.07) is 0. The zero-order valence-electron chi connectivity index (χ0n) is 9.44. The first-order valence-electron chi connectivity index (χ1n) is 5.46. The topological polar surface area (TPSA) is 49.7 Å². The van der Waals surface area contributed by atoms with Gasteiger partial charge in [-0.25, -0.2) is 0 Å². The highest BCUT2D eigenvalue weighted by molar-refractivity contribution is 5.25. The lowest BCUT2D eigenvalue weighted by molar-refractivity contribution is 0.0316. The van der Waals surface area contributed by atoms with E-state index in [0.29, 0.717) is 5.92 Å². The Morgan fingerprint density at radius 3 is 2.80 bits per heavy atom. The lowest BCUT2D eigenvalue weighted by Crippen LogP contribution is -2.20. The average Bonchev–Trinajstić information content (AvgIpc) is 2.26. The van der Waals surface area contributed by atoms with E-state index in [0.717, 1.165) is 18.6 Å². The summed E-state index contributed by atoms with van der Waals surface area (Å²) in [5.74, 6) is 1.33. The minimum absolute atomic E-state index is 0.159. The predicted molar refractivity (Wildman–Crippen MR) is 59.3 cm³/mol. The molecule has 3 heteroatoms. The van der Waals surface area contributed by atoms with Gasteiger partial charge in [0, 0.05) is 0 Å². The van der Waals surface area contributed by atoms with E-state index in [-0.39, 0.29) is 13.2 Å². The summed E-state index contributed by atoms with van der Waals surface area (Å²) >= 11 is 0. The van der Waals surface area contributed by atoms with E-state index in [1.165, 1.54) is 5.57 Å². The Kier molecular flexibility index (Phi) is 4.85. The molecule has 0 aromatic rings. The molecule has 0 saturated heterocycles. The Balaban J connectivity index is 2.59. The Morgan fingerprint density at radius 2 is 2.20 bits per heavy atom. The van der Waals surface area contributed by atoms with E-state index in [9.17, 15) is 5.11 Å². The van der Waals surface area contributed by atoms with E-state index >= 15 is 0 Å². The van der Waals surface area contributed by atoms with Gasteiger partial charge in [0.2, 0.25) is 0 Å². The third kappa shape index (κ3) is 3.68. The molecule has 1 aliphatic rings. The van der Waals surface area contributed by atoms with E-state index in [1.54, 1.807) is 0 Å². The Bertz CT molecular complexity index is 254. The monoisotopic (exact) mass is 212 g/mol. The molecule has 86 valence electrons. The van der Waals surface area contributed by atoms with Crippen molar-refractivity contribution in [2.24, 2.45) is 5.92 Å². The first-order valence-corrected chi connectivity index (χ1v) is 5.46. The fraction of sp³-hybridized carbons (Fsp3) is 0.667. The van der Waals surface area contributed by atoms with Crippen LogP contribution in [0.2, 0.25) is 0 Å². The van der Waals surface area contributed by atoms with Crippen LogP contribution in [0.25, 0.3) is 0 Å². The van der Waals surface area contributed by atoms with Crippen molar-refractivity contribution in [3.05, 3.63) is 23.5 Å². The fourth-order valence-electron chi connectivity index (χ4n) is 1.61. The molecule has 1 unspecified atom stereocenters. The van der Waals surface area contributed by atoms with Gasteiger partial charge in [-0.05, 0) is 30.4 Å². The minimum Gasteiger partial charge on any atom is -0.491 e. The number of aliphatic hydroxyl groups is 2. The molecule has 1 aliphatic carbocycles. The van der Waals surface area contributed by atoms with Crippen molar-refractivity contribution in [1.29, 1.82) is 0 Å². The van der Waals surface area contributed by atoms with Crippen LogP contribution in [0, 0.1) is 5.92 Å². The number of aliphatic hydroxyl groups excluding tert-OH is 2. The quantitative estimate of drug-likeness (QED) is 0.728. The number of hydrogen-bond donors (Lipinski definition) is 2. The highest BCUT2D eigenvalue weighted by Gasteiger charge is 2.14. The van der Waals surface area contributed by atoms with Gasteiger partial charge in [0.25, 0.3) is 0 Å². The second-order valence-corrected chi connectivity index (χ2v) is 4.13. The van der Waals surface area contributed by atoms with E-state index in [4.69, 9.17) is 9.84 Å². The molecule has 0 fully saturated rings. The maximum absolute atomic E-state index is 9.19. The standard InChI is InChI=1S/C12H20O3/c1-9(2)11-5-3-4-6-12(11)15-8-10(14)7-13/h4,6,9-10,13-14H,3,5,7-8H2,1-2H3. The van der Waals surface area contributed by atoms with Gasteiger partial charge in [-0.15, -0.1) is 0 Å². The summed E-state index contributed by atoms with van der Waals surface area (Å²) in [5.41, 5.74) is 1.29. The van der Waals surface area contributed by atoms with E-state index in [1.807, 2.05) is 6.08 Å². The minimum atomic E-state index is -0.791. The normalized spacial score (nSPS) is 18.5. The van der Waals surface area contributed by atoms with Crippen LogP contribution in [0.5, 0.6) is 0 Å². The molecule has 1 atom stereocenters. The molecule has 1 rings (SSSR count). The second-order valence-electron chi connectivity index (χ2n) is 4.13. The molecule has 3 nitrogen and oxygen atoms in total. The van der Waals surface area contributed by atoms with Crippen LogP contribution in [-0.2, 0) is 4.74 Å². The van der Waals surface area contributed by atoms with Gasteiger partial charge in [0.15, 0.2) is 0 Å². The summed E-state index contributed by atoms with van der Waals surface area (Å²) in [4.78, 5) is 0. The maximum Gasteiger partial charge on any atom is 0.118 e. The van der Waals surface area contributed by atoms with Gasteiger partial charge in [0.1, 0.15) is 18.5 Å². The van der Waals surface area contributed by atoms with Crippen molar-refractivity contribution in [2.75, 3.05) is 13.2 Å². The van der Waals surface area contributed by atoms with Gasteiger partial charge < -0.3 is 14.9 Å². The highest BCUT2D eigenvalue weighted by Crippen LogP contribution is 2.26. The fourth-order valence-corrected chi connectivity index (χ4v) is 1.61. The molecule has 0 aliphatic heterocycles. The zero-order valence-corrected chi connectivity index (χ0v) is 9.44. The molecule has 0 aromatic heterocycles. The van der Waals surface area contributed by atoms with Gasteiger partial charge >= 0.3 is 0 Å². The van der Waals surface area contributed by atoms with Gasteiger partial charge in [-0.2, -0.15) is 0 Å². The second kappa shape index (κ2) is 5.93. The molecule has 0 aromatic carbocycles. The van der Waals surface area contributed by atoms with Crippen molar-refractivity contribution >= 4 is 0 Å². The number of rotatable bonds is 5. The highest BCUT2D eigenvalue weighted by atomic mass is 16.5. The molecular weight excluding hydrogens is 192 g/mol. The van der Waals surface area contributed by atoms with Gasteiger partial charge in [-0.3, -0.25) is 0 Å². The molecular formula is C12H20O3. The Labute approximate surface area is 91.1 Å². The average molecular weight is 212 g/mol. The first kappa shape index (κ1) is 12.3. The molecule has 0 radical (unpaired) electrons. The van der Waals surface area contributed by atoms with E-state index < -0.39 is 6.10 Å². The van der Waals surface area contributed by atoms with Crippen LogP contribution in [0.1, 0.15) is 26.7 Å². The molecule has 0 bridgehead atoms. The van der Waals surface area contributed by atoms with Crippen LogP contribution in [0.4, 0.5) is 0 Å². The van der Waals surface area contributed by atoms with Crippen LogP contribution in [0.15, 0.2) is 23.5 Å². The maximum atomic E-state index is 9.19. The van der Waals surface area contributed by atoms with Crippen LogP contribution < -0.4 is 0 Å². The lowest BCUT2D eigenvalue weighted by atomic mass is 9.94. The van der Waals surface area contributed by atoms with Crippen molar-refractivity contribution in [2.45, 2.75) is 32.8 Å². The number of hydrogen-bond acceptors (Lipinski definition) is 3. The summed E-state index contributed by atoms with van der Waals surface area (Å²) in [7, 11) is 0. The van der Waals surface area contributed by atoms with E-state index in [2.05, 4.69) is 19.9 Å². The SMILES string of the molecule is CC(C)C1=C(OCC(O)CO)C=CCC1. The number of ether oxygens (including phenoxy) is 1. The zero-order chi connectivity index (χ0) is 11.3. The third-order valence-corrected chi connectivity index (χ3v) is 2.50. The summed E-state index contributed by atoms with van der Waals surface area (Å²) < 4.78 is 5.49. The molecule has 0 amide bonds. The Hall–Kier alpha value is -0.800. The van der Waals surface area contributed by atoms with Crippen LogP contribution >= 0.6 is 0 Å². The van der Waals surface area contributed by atoms with Gasteiger partial charge in [0.05, 0.1) is 6.61 Å². The van der Waals surface area contributed by atoms with Gasteiger partial charge in [-0.1, -0.05) is 19.9 Å². The van der Waals surface area contributed by atoms with Crippen LogP contribution in [0.3, 0.4) is 0 Å². The molecule has 0 heterocycles. The number of allylic oxidation sites excluding steroid dienone is 3. The molecule has 2 N–H and O–H groups in total. The third-order valence-electron chi connectivity index (χ3n) is 2.50. The van der Waals surface area contributed by atoms with Crippen LogP contribution in [-0.4, -0.2) is 29.5 Å². The Morgan fingerprint density at radius 1 is 1.47 bits per heavy atom. The predicted octanol–water partition coefficient (Wildman–Crippen LogP) is 1.62. The first-order chi connectivity index (χ1) is 7.15. The van der Waals surface area contributed by atoms with Crippen molar-refractivity contribution in [1.82, 2.24) is 0 Å². The van der Waals surface area contributed by atoms with Crippen molar-refractivity contribution in [3.8, 4) is 0 Å². The summed E-state index contributed by atoms with van der Waals surface area (Å²) in [5, 5.41) is 17.9. The van der Waals surface area contributed by atoms with Crippen molar-refractivity contribution < 1.29 is 14.9 Å². The molecule has 15 heavy (non-hydrogen) atoms.